The quantitative estimate of drug-likeness (QED) is 0.173. The molecule has 0 saturated carbocycles. The normalized spacial score (nSPS) is 12.1. The third kappa shape index (κ3) is 4.22. The van der Waals surface area contributed by atoms with Gasteiger partial charge in [-0.15, -0.1) is 0 Å². The lowest BCUT2D eigenvalue weighted by molar-refractivity contribution is 1.37. The Morgan fingerprint density at radius 2 is 0.759 bits per heavy atom. The van der Waals surface area contributed by atoms with Gasteiger partial charge in [0.1, 0.15) is 0 Å². The summed E-state index contributed by atoms with van der Waals surface area (Å²) < 4.78 is 0. The lowest BCUT2D eigenvalue weighted by Gasteiger charge is -2.18. The van der Waals surface area contributed by atoms with E-state index >= 15 is 0 Å². The van der Waals surface area contributed by atoms with Crippen LogP contribution in [-0.2, 0) is 0 Å². The number of aromatic nitrogens is 2. The van der Waals surface area contributed by atoms with E-state index < -0.39 is 0 Å². The maximum atomic E-state index is 5.06. The van der Waals surface area contributed by atoms with E-state index in [0.717, 1.165) is 33.1 Å². The maximum Gasteiger partial charge on any atom is 0.0972 e. The van der Waals surface area contributed by atoms with Crippen molar-refractivity contribution in [1.82, 2.24) is 9.97 Å². The monoisotopic (exact) mass is 682 g/mol. The van der Waals surface area contributed by atoms with Gasteiger partial charge < -0.3 is 0 Å². The first-order valence-electron chi connectivity index (χ1n) is 18.6. The van der Waals surface area contributed by atoms with Crippen LogP contribution in [0.1, 0.15) is 0 Å². The lowest BCUT2D eigenvalue weighted by atomic mass is 9.85. The van der Waals surface area contributed by atoms with E-state index in [4.69, 9.17) is 4.98 Å². The topological polar surface area (TPSA) is 25.8 Å². The van der Waals surface area contributed by atoms with Gasteiger partial charge in [-0.25, -0.2) is 4.98 Å². The number of benzene rings is 9. The van der Waals surface area contributed by atoms with Crippen LogP contribution in [0.3, 0.4) is 0 Å². The van der Waals surface area contributed by atoms with E-state index in [1.165, 1.54) is 86.9 Å². The SMILES string of the molecule is c1cnc2c(c1)ccc1ccc(-c3ccc(-c4ccc(-c5cc6cccc7c8cccc9ccc%10cccc(c%11cccc5c%11c67)c%10c98)cc4)cc3)nc12. The zero-order valence-electron chi connectivity index (χ0n) is 29.2. The van der Waals surface area contributed by atoms with Gasteiger partial charge in [-0.05, 0) is 105 Å². The predicted molar refractivity (Wildman–Crippen MR) is 230 cm³/mol. The van der Waals surface area contributed by atoms with Gasteiger partial charge in [0.15, 0.2) is 0 Å². The first-order chi connectivity index (χ1) is 26.8. The third-order valence-electron chi connectivity index (χ3n) is 11.6. The van der Waals surface area contributed by atoms with E-state index in [2.05, 4.69) is 175 Å². The Bertz CT molecular complexity index is 3470. The maximum absolute atomic E-state index is 5.06. The van der Waals surface area contributed by atoms with Crippen molar-refractivity contribution in [3.8, 4) is 33.5 Å². The summed E-state index contributed by atoms with van der Waals surface area (Å²) in [5.41, 5.74) is 8.74. The van der Waals surface area contributed by atoms with Gasteiger partial charge in [0.2, 0.25) is 0 Å². The fourth-order valence-electron chi connectivity index (χ4n) is 9.10. The van der Waals surface area contributed by atoms with Crippen LogP contribution in [0.2, 0.25) is 0 Å². The van der Waals surface area contributed by atoms with Crippen molar-refractivity contribution < 1.29 is 0 Å². The van der Waals surface area contributed by atoms with Gasteiger partial charge in [0.05, 0.1) is 16.7 Å². The molecule has 2 heteroatoms. The van der Waals surface area contributed by atoms with Crippen molar-refractivity contribution >= 4 is 86.4 Å². The Morgan fingerprint density at radius 1 is 0.296 bits per heavy atom. The fraction of sp³-hybridized carbons (Fsp3) is 0. The van der Waals surface area contributed by atoms with Crippen LogP contribution in [-0.4, -0.2) is 9.97 Å². The van der Waals surface area contributed by atoms with Crippen LogP contribution in [0.5, 0.6) is 0 Å². The molecule has 0 aliphatic carbocycles. The Labute approximate surface area is 310 Å². The molecule has 0 atom stereocenters. The largest absolute Gasteiger partial charge is 0.254 e. The first kappa shape index (κ1) is 29.4. The van der Waals surface area contributed by atoms with Gasteiger partial charge in [0.25, 0.3) is 0 Å². The van der Waals surface area contributed by atoms with Crippen molar-refractivity contribution in [2.45, 2.75) is 0 Å². The second-order valence-electron chi connectivity index (χ2n) is 14.5. The summed E-state index contributed by atoms with van der Waals surface area (Å²) >= 11 is 0. The van der Waals surface area contributed by atoms with Crippen LogP contribution in [0.25, 0.3) is 120 Å². The molecule has 2 heterocycles. The zero-order chi connectivity index (χ0) is 35.3. The number of pyridine rings is 2. The molecule has 2 aromatic heterocycles. The Hall–Kier alpha value is -7.16. The summed E-state index contributed by atoms with van der Waals surface area (Å²) in [4.78, 5) is 9.70. The van der Waals surface area contributed by atoms with Crippen molar-refractivity contribution in [2.24, 2.45) is 0 Å². The summed E-state index contributed by atoms with van der Waals surface area (Å²) in [6, 6.07) is 64.6. The van der Waals surface area contributed by atoms with Crippen molar-refractivity contribution in [3.63, 3.8) is 0 Å². The van der Waals surface area contributed by atoms with Crippen LogP contribution in [0.15, 0.2) is 182 Å². The molecule has 54 heavy (non-hydrogen) atoms. The van der Waals surface area contributed by atoms with Gasteiger partial charge in [-0.2, -0.15) is 0 Å². The average molecular weight is 683 g/mol. The summed E-state index contributed by atoms with van der Waals surface area (Å²) in [6.07, 6.45) is 1.84. The highest BCUT2D eigenvalue weighted by molar-refractivity contribution is 6.37. The molecule has 12 rings (SSSR count). The van der Waals surface area contributed by atoms with Crippen LogP contribution >= 0.6 is 0 Å². The minimum atomic E-state index is 0.936. The second kappa shape index (κ2) is 11.2. The molecule has 0 spiro atoms. The average Bonchev–Trinajstić information content (AvgIpc) is 3.24. The Morgan fingerprint density at radius 3 is 1.43 bits per heavy atom. The Balaban J connectivity index is 0.997. The highest BCUT2D eigenvalue weighted by atomic mass is 14.7. The standard InChI is InChI=1S/C52H30N2/c1-6-35-23-24-36-7-2-11-42-43-13-4-14-44-45(30-39-8-3-12-41(49(39)50(43)44)40(10-1)47(35)48(36)42)33-19-15-31(16-20-33)32-17-21-34(22-18-32)46-28-27-38-26-25-37-9-5-29-53-51(37)52(38)54-46/h1-30H. The van der Waals surface area contributed by atoms with Crippen LogP contribution in [0.4, 0.5) is 0 Å². The molecule has 0 fully saturated rings. The molecule has 0 bridgehead atoms. The molecular weight excluding hydrogens is 653 g/mol. The van der Waals surface area contributed by atoms with E-state index in [0.29, 0.717) is 0 Å². The molecule has 2 nitrogen and oxygen atoms in total. The fourth-order valence-corrected chi connectivity index (χ4v) is 9.10. The zero-order valence-corrected chi connectivity index (χ0v) is 29.2. The highest BCUT2D eigenvalue weighted by Crippen LogP contribution is 2.45. The van der Waals surface area contributed by atoms with Gasteiger partial charge >= 0.3 is 0 Å². The van der Waals surface area contributed by atoms with Crippen LogP contribution in [0, 0.1) is 0 Å². The van der Waals surface area contributed by atoms with E-state index in [9.17, 15) is 0 Å². The number of hydrogen-bond acceptors (Lipinski definition) is 2. The molecule has 0 amide bonds. The molecule has 248 valence electrons. The van der Waals surface area contributed by atoms with Crippen molar-refractivity contribution in [1.29, 1.82) is 0 Å². The highest BCUT2D eigenvalue weighted by Gasteiger charge is 2.17. The van der Waals surface area contributed by atoms with Gasteiger partial charge in [0, 0.05) is 22.5 Å². The molecule has 0 radical (unpaired) electrons. The van der Waals surface area contributed by atoms with Crippen molar-refractivity contribution in [2.75, 3.05) is 0 Å². The number of fused-ring (bicyclic) bond motifs is 5. The minimum absolute atomic E-state index is 0.936. The summed E-state index contributed by atoms with van der Waals surface area (Å²) in [7, 11) is 0. The smallest absolute Gasteiger partial charge is 0.0972 e. The molecule has 10 aromatic carbocycles. The molecule has 0 aliphatic rings. The summed E-state index contributed by atoms with van der Waals surface area (Å²) in [6.45, 7) is 0. The first-order valence-corrected chi connectivity index (χ1v) is 18.6. The molecule has 0 aliphatic heterocycles. The second-order valence-corrected chi connectivity index (χ2v) is 14.5. The van der Waals surface area contributed by atoms with Gasteiger partial charge in [-0.3, -0.25) is 4.98 Å². The minimum Gasteiger partial charge on any atom is -0.254 e. The molecular formula is C52H30N2. The molecule has 12 aromatic rings. The van der Waals surface area contributed by atoms with E-state index in [-0.39, 0.29) is 0 Å². The van der Waals surface area contributed by atoms with Crippen LogP contribution < -0.4 is 0 Å². The number of nitrogens with zero attached hydrogens (tertiary/aromatic N) is 2. The summed E-state index contributed by atoms with van der Waals surface area (Å²) in [5, 5.41) is 17.8. The Kier molecular flexibility index (Phi) is 6.09. The van der Waals surface area contributed by atoms with E-state index in [1.54, 1.807) is 0 Å². The molecule has 0 saturated heterocycles. The third-order valence-corrected chi connectivity index (χ3v) is 11.6. The number of rotatable bonds is 3. The van der Waals surface area contributed by atoms with E-state index in [1.807, 2.05) is 12.3 Å². The van der Waals surface area contributed by atoms with Crippen molar-refractivity contribution in [3.05, 3.63) is 182 Å². The predicted octanol–water partition coefficient (Wildman–Crippen LogP) is 14.1. The number of hydrogen-bond donors (Lipinski definition) is 0. The molecule has 0 N–H and O–H groups in total. The van der Waals surface area contributed by atoms with Gasteiger partial charge in [-0.1, -0.05) is 158 Å². The summed E-state index contributed by atoms with van der Waals surface area (Å²) in [5.74, 6) is 0. The molecule has 0 unspecified atom stereocenters. The lowest BCUT2D eigenvalue weighted by Crippen LogP contribution is -1.90.